The summed E-state index contributed by atoms with van der Waals surface area (Å²) >= 11 is 0. The van der Waals surface area contributed by atoms with E-state index in [4.69, 9.17) is 0 Å². The summed E-state index contributed by atoms with van der Waals surface area (Å²) in [5.74, 6) is 0.599. The molecule has 124 valence electrons. The molecular weight excluding hydrogens is 286 g/mol. The van der Waals surface area contributed by atoms with Gasteiger partial charge in [-0.15, -0.1) is 6.58 Å². The molecular formula is C15H31N3O2S. The Bertz CT molecular complexity index is 390. The van der Waals surface area contributed by atoms with Gasteiger partial charge in [-0.05, 0) is 44.7 Å². The van der Waals surface area contributed by atoms with Crippen molar-refractivity contribution in [3.63, 3.8) is 0 Å². The van der Waals surface area contributed by atoms with Gasteiger partial charge in [0.15, 0.2) is 0 Å². The Labute approximate surface area is 130 Å². The summed E-state index contributed by atoms with van der Waals surface area (Å²) in [5, 5.41) is 3.43. The molecule has 1 heterocycles. The molecule has 0 radical (unpaired) electrons. The van der Waals surface area contributed by atoms with Gasteiger partial charge in [0.2, 0.25) is 0 Å². The van der Waals surface area contributed by atoms with Crippen molar-refractivity contribution in [2.45, 2.75) is 39.5 Å². The van der Waals surface area contributed by atoms with Crippen LogP contribution in [0.1, 0.15) is 39.5 Å². The van der Waals surface area contributed by atoms with E-state index in [1.54, 1.807) is 10.4 Å². The van der Waals surface area contributed by atoms with Gasteiger partial charge in [-0.3, -0.25) is 0 Å². The normalized spacial score (nSPS) is 18.2. The van der Waals surface area contributed by atoms with Crippen LogP contribution in [0.4, 0.5) is 0 Å². The van der Waals surface area contributed by atoms with Crippen LogP contribution in [0, 0.1) is 5.92 Å². The minimum absolute atomic E-state index is 0.397. The molecule has 0 aromatic rings. The molecule has 6 heteroatoms. The topological polar surface area (TPSA) is 52.7 Å². The highest BCUT2D eigenvalue weighted by molar-refractivity contribution is 7.86. The number of nitrogens with zero attached hydrogens (tertiary/aromatic N) is 2. The molecule has 1 aliphatic rings. The van der Waals surface area contributed by atoms with Crippen molar-refractivity contribution >= 4 is 10.2 Å². The Hall–Kier alpha value is -0.430. The van der Waals surface area contributed by atoms with Crippen molar-refractivity contribution in [1.29, 1.82) is 0 Å². The fraction of sp³-hybridized carbons (Fsp3) is 0.867. The highest BCUT2D eigenvalue weighted by atomic mass is 32.2. The van der Waals surface area contributed by atoms with Gasteiger partial charge in [0.25, 0.3) is 10.2 Å². The third kappa shape index (κ3) is 5.70. The van der Waals surface area contributed by atoms with Crippen LogP contribution in [0.5, 0.6) is 0 Å². The summed E-state index contributed by atoms with van der Waals surface area (Å²) in [6.45, 7) is 12.1. The lowest BCUT2D eigenvalue weighted by Gasteiger charge is -2.34. The van der Waals surface area contributed by atoms with Gasteiger partial charge >= 0.3 is 0 Å². The maximum Gasteiger partial charge on any atom is 0.282 e. The van der Waals surface area contributed by atoms with Crippen LogP contribution >= 0.6 is 0 Å². The van der Waals surface area contributed by atoms with E-state index >= 15 is 0 Å². The second-order valence-corrected chi connectivity index (χ2v) is 7.63. The van der Waals surface area contributed by atoms with E-state index in [-0.39, 0.29) is 0 Å². The Balaban J connectivity index is 2.52. The van der Waals surface area contributed by atoms with E-state index in [0.717, 1.165) is 38.8 Å². The average Bonchev–Trinajstić information content (AvgIpc) is 2.48. The van der Waals surface area contributed by atoms with E-state index < -0.39 is 10.2 Å². The van der Waals surface area contributed by atoms with Gasteiger partial charge in [-0.2, -0.15) is 17.0 Å². The molecule has 1 aliphatic heterocycles. The molecule has 0 spiro atoms. The van der Waals surface area contributed by atoms with E-state index in [1.165, 1.54) is 4.31 Å². The van der Waals surface area contributed by atoms with Crippen LogP contribution in [0.25, 0.3) is 0 Å². The lowest BCUT2D eigenvalue weighted by molar-refractivity contribution is 0.251. The summed E-state index contributed by atoms with van der Waals surface area (Å²) in [6, 6.07) is 0. The van der Waals surface area contributed by atoms with E-state index in [9.17, 15) is 8.42 Å². The van der Waals surface area contributed by atoms with E-state index in [1.807, 2.05) is 6.92 Å². The molecule has 0 bridgehead atoms. The Morgan fingerprint density at radius 1 is 1.29 bits per heavy atom. The van der Waals surface area contributed by atoms with Gasteiger partial charge in [-0.25, -0.2) is 0 Å². The molecule has 0 unspecified atom stereocenters. The molecule has 1 fully saturated rings. The summed E-state index contributed by atoms with van der Waals surface area (Å²) < 4.78 is 28.4. The molecule has 0 aromatic heterocycles. The van der Waals surface area contributed by atoms with Crippen LogP contribution in [0.3, 0.4) is 0 Å². The number of hydrogen-bond acceptors (Lipinski definition) is 3. The van der Waals surface area contributed by atoms with Gasteiger partial charge < -0.3 is 5.32 Å². The van der Waals surface area contributed by atoms with Crippen LogP contribution in [-0.4, -0.2) is 56.3 Å². The highest BCUT2D eigenvalue weighted by Gasteiger charge is 2.31. The standard InChI is InChI=1S/C15H31N3O2S/c1-4-9-16-14-15-7-12-18(13-8-15)21(19,20)17(10-5-2)11-6-3/h5,15-16H,2,4,6-14H2,1,3H3. The number of nitrogens with one attached hydrogen (secondary N) is 1. The zero-order chi connectivity index (χ0) is 15.7. The first kappa shape index (κ1) is 18.6. The van der Waals surface area contributed by atoms with Crippen molar-refractivity contribution in [1.82, 2.24) is 13.9 Å². The molecule has 0 saturated carbocycles. The zero-order valence-electron chi connectivity index (χ0n) is 13.6. The molecule has 0 amide bonds. The second-order valence-electron chi connectivity index (χ2n) is 5.70. The molecule has 1 N–H and O–H groups in total. The van der Waals surface area contributed by atoms with Crippen LogP contribution in [0.2, 0.25) is 0 Å². The largest absolute Gasteiger partial charge is 0.316 e. The SMILES string of the molecule is C=CCN(CCC)S(=O)(=O)N1CCC(CNCCC)CC1. The van der Waals surface area contributed by atoms with Crippen LogP contribution in [0.15, 0.2) is 12.7 Å². The average molecular weight is 317 g/mol. The Kier molecular flexibility index (Phi) is 8.48. The summed E-state index contributed by atoms with van der Waals surface area (Å²) in [6.07, 6.45) is 5.52. The van der Waals surface area contributed by atoms with Gasteiger partial charge in [0.05, 0.1) is 0 Å². The number of hydrogen-bond donors (Lipinski definition) is 1. The lowest BCUT2D eigenvalue weighted by atomic mass is 9.98. The zero-order valence-corrected chi connectivity index (χ0v) is 14.4. The summed E-state index contributed by atoms with van der Waals surface area (Å²) in [4.78, 5) is 0. The highest BCUT2D eigenvalue weighted by Crippen LogP contribution is 2.21. The summed E-state index contributed by atoms with van der Waals surface area (Å²) in [7, 11) is -3.32. The first-order chi connectivity index (χ1) is 10.1. The van der Waals surface area contributed by atoms with Crippen LogP contribution in [-0.2, 0) is 10.2 Å². The van der Waals surface area contributed by atoms with Crippen molar-refractivity contribution in [2.75, 3.05) is 39.3 Å². The monoisotopic (exact) mass is 317 g/mol. The first-order valence-corrected chi connectivity index (χ1v) is 9.52. The first-order valence-electron chi connectivity index (χ1n) is 8.13. The van der Waals surface area contributed by atoms with Crippen molar-refractivity contribution in [2.24, 2.45) is 5.92 Å². The third-order valence-corrected chi connectivity index (χ3v) is 5.89. The molecule has 1 saturated heterocycles. The molecule has 0 aromatic carbocycles. The van der Waals surface area contributed by atoms with Crippen molar-refractivity contribution in [3.8, 4) is 0 Å². The Morgan fingerprint density at radius 3 is 2.48 bits per heavy atom. The third-order valence-electron chi connectivity index (χ3n) is 3.89. The van der Waals surface area contributed by atoms with Crippen molar-refractivity contribution < 1.29 is 8.42 Å². The number of rotatable bonds is 10. The fourth-order valence-electron chi connectivity index (χ4n) is 2.68. The lowest BCUT2D eigenvalue weighted by Crippen LogP contribution is -2.48. The molecule has 0 aliphatic carbocycles. The minimum Gasteiger partial charge on any atom is -0.316 e. The predicted octanol–water partition coefficient (Wildman–Crippen LogP) is 1.84. The molecule has 0 atom stereocenters. The fourth-order valence-corrected chi connectivity index (χ4v) is 4.39. The maximum atomic E-state index is 12.6. The van der Waals surface area contributed by atoms with Crippen molar-refractivity contribution in [3.05, 3.63) is 12.7 Å². The molecule has 5 nitrogen and oxygen atoms in total. The summed E-state index contributed by atoms with van der Waals surface area (Å²) in [5.41, 5.74) is 0. The van der Waals surface area contributed by atoms with Gasteiger partial charge in [-0.1, -0.05) is 19.9 Å². The second kappa shape index (κ2) is 9.56. The van der Waals surface area contributed by atoms with Crippen LogP contribution < -0.4 is 5.32 Å². The predicted molar refractivity (Wildman–Crippen MR) is 88.4 cm³/mol. The Morgan fingerprint density at radius 2 is 1.95 bits per heavy atom. The van der Waals surface area contributed by atoms with Gasteiger partial charge in [0.1, 0.15) is 0 Å². The van der Waals surface area contributed by atoms with E-state index in [0.29, 0.717) is 32.1 Å². The maximum absolute atomic E-state index is 12.6. The number of piperidine rings is 1. The van der Waals surface area contributed by atoms with E-state index in [2.05, 4.69) is 18.8 Å². The molecule has 21 heavy (non-hydrogen) atoms. The quantitative estimate of drug-likeness (QED) is 0.494. The molecule has 1 rings (SSSR count). The smallest absolute Gasteiger partial charge is 0.282 e. The van der Waals surface area contributed by atoms with Gasteiger partial charge in [0, 0.05) is 26.2 Å². The minimum atomic E-state index is -3.32.